The Hall–Kier alpha value is -1.78. The van der Waals surface area contributed by atoms with Gasteiger partial charge in [-0.25, -0.2) is 0 Å². The summed E-state index contributed by atoms with van der Waals surface area (Å²) < 4.78 is 0. The van der Waals surface area contributed by atoms with Gasteiger partial charge < -0.3 is 15.2 Å². The number of hydrogen-bond donors (Lipinski definition) is 2. The number of H-pyrrole nitrogens is 1. The van der Waals surface area contributed by atoms with Crippen molar-refractivity contribution in [1.29, 1.82) is 0 Å². The molecule has 18 heavy (non-hydrogen) atoms. The van der Waals surface area contributed by atoms with Crippen LogP contribution >= 0.6 is 0 Å². The molecule has 3 rings (SSSR count). The molecule has 2 unspecified atom stereocenters. The van der Waals surface area contributed by atoms with Gasteiger partial charge >= 0.3 is 0 Å². The number of nitrogens with zero attached hydrogens (tertiary/aromatic N) is 1. The van der Waals surface area contributed by atoms with Crippen LogP contribution < -0.4 is 5.32 Å². The van der Waals surface area contributed by atoms with Gasteiger partial charge in [0.15, 0.2) is 0 Å². The zero-order chi connectivity index (χ0) is 12.5. The first-order valence-corrected chi connectivity index (χ1v) is 6.46. The molecule has 1 aromatic rings. The molecule has 3 heterocycles. The van der Waals surface area contributed by atoms with E-state index in [-0.39, 0.29) is 23.8 Å². The highest BCUT2D eigenvalue weighted by atomic mass is 16.2. The lowest BCUT2D eigenvalue weighted by Crippen LogP contribution is -2.36. The van der Waals surface area contributed by atoms with E-state index in [1.54, 1.807) is 0 Å². The van der Waals surface area contributed by atoms with E-state index in [0.717, 1.165) is 25.1 Å². The fraction of sp³-hybridized carbons (Fsp3) is 0.538. The van der Waals surface area contributed by atoms with E-state index >= 15 is 0 Å². The minimum Gasteiger partial charge on any atom is -0.363 e. The van der Waals surface area contributed by atoms with E-state index in [0.29, 0.717) is 13.0 Å². The van der Waals surface area contributed by atoms with Gasteiger partial charge in [0.1, 0.15) is 0 Å². The van der Waals surface area contributed by atoms with Gasteiger partial charge in [0.25, 0.3) is 0 Å². The third kappa shape index (κ3) is 1.89. The second kappa shape index (κ2) is 4.48. The van der Waals surface area contributed by atoms with Crippen molar-refractivity contribution in [3.8, 4) is 0 Å². The number of nitrogens with one attached hydrogen (secondary N) is 2. The third-order valence-corrected chi connectivity index (χ3v) is 3.84. The number of amides is 2. The summed E-state index contributed by atoms with van der Waals surface area (Å²) in [5.41, 5.74) is 1.10. The van der Waals surface area contributed by atoms with Crippen LogP contribution in [0.4, 0.5) is 0 Å². The molecule has 2 amide bonds. The normalized spacial score (nSPS) is 27.6. The van der Waals surface area contributed by atoms with Crippen molar-refractivity contribution in [2.24, 2.45) is 5.92 Å². The zero-order valence-electron chi connectivity index (χ0n) is 10.2. The second-order valence-corrected chi connectivity index (χ2v) is 5.02. The number of carbonyl (C=O) groups is 2. The van der Waals surface area contributed by atoms with Crippen LogP contribution in [0.5, 0.6) is 0 Å². The van der Waals surface area contributed by atoms with Crippen molar-refractivity contribution in [3.05, 3.63) is 24.0 Å². The Morgan fingerprint density at radius 3 is 3.00 bits per heavy atom. The van der Waals surface area contributed by atoms with E-state index in [9.17, 15) is 9.59 Å². The van der Waals surface area contributed by atoms with Crippen molar-refractivity contribution in [2.75, 3.05) is 13.1 Å². The predicted octanol–water partition coefficient (Wildman–Crippen LogP) is 0.814. The molecular weight excluding hydrogens is 230 g/mol. The van der Waals surface area contributed by atoms with Gasteiger partial charge in [0.05, 0.1) is 12.0 Å². The first-order chi connectivity index (χ1) is 8.75. The summed E-state index contributed by atoms with van der Waals surface area (Å²) in [7, 11) is 0. The first kappa shape index (κ1) is 11.3. The summed E-state index contributed by atoms with van der Waals surface area (Å²) in [4.78, 5) is 28.7. The predicted molar refractivity (Wildman–Crippen MR) is 65.6 cm³/mol. The summed E-state index contributed by atoms with van der Waals surface area (Å²) in [6.07, 6.45) is 4.26. The fourth-order valence-corrected chi connectivity index (χ4v) is 2.92. The number of likely N-dealkylation sites (tertiary alicyclic amines) is 1. The molecule has 0 radical (unpaired) electrons. The molecular formula is C13H17N3O2. The molecule has 96 valence electrons. The van der Waals surface area contributed by atoms with Crippen LogP contribution in [0.3, 0.4) is 0 Å². The van der Waals surface area contributed by atoms with Gasteiger partial charge in [0.2, 0.25) is 11.8 Å². The number of aromatic amines is 1. The number of aromatic nitrogens is 1. The van der Waals surface area contributed by atoms with Crippen LogP contribution in [0.15, 0.2) is 18.3 Å². The molecule has 0 spiro atoms. The lowest BCUT2D eigenvalue weighted by Gasteiger charge is -2.26. The SMILES string of the molecule is O=C1CC(C(=O)N2CCCC2c2ccc[nH]2)CN1. The van der Waals surface area contributed by atoms with Crippen LogP contribution in [0.2, 0.25) is 0 Å². The van der Waals surface area contributed by atoms with Crippen LogP contribution in [0.1, 0.15) is 31.0 Å². The van der Waals surface area contributed by atoms with Crippen LogP contribution in [-0.4, -0.2) is 34.8 Å². The zero-order valence-corrected chi connectivity index (χ0v) is 10.2. The van der Waals surface area contributed by atoms with E-state index < -0.39 is 0 Å². The van der Waals surface area contributed by atoms with E-state index in [4.69, 9.17) is 0 Å². The molecule has 2 atom stereocenters. The van der Waals surface area contributed by atoms with Crippen molar-refractivity contribution in [1.82, 2.24) is 15.2 Å². The highest BCUT2D eigenvalue weighted by molar-refractivity contribution is 5.89. The minimum absolute atomic E-state index is 0.0102. The van der Waals surface area contributed by atoms with Crippen molar-refractivity contribution < 1.29 is 9.59 Å². The largest absolute Gasteiger partial charge is 0.363 e. The molecule has 2 fully saturated rings. The Balaban J connectivity index is 1.75. The molecule has 2 N–H and O–H groups in total. The molecule has 2 aliphatic rings. The summed E-state index contributed by atoms with van der Waals surface area (Å²) in [6.45, 7) is 1.29. The molecule has 0 saturated carbocycles. The third-order valence-electron chi connectivity index (χ3n) is 3.84. The van der Waals surface area contributed by atoms with E-state index in [2.05, 4.69) is 10.3 Å². The fourth-order valence-electron chi connectivity index (χ4n) is 2.92. The number of carbonyl (C=O) groups excluding carboxylic acids is 2. The molecule has 5 heteroatoms. The van der Waals surface area contributed by atoms with Crippen LogP contribution in [0.25, 0.3) is 0 Å². The Kier molecular flexibility index (Phi) is 2.81. The molecule has 5 nitrogen and oxygen atoms in total. The molecule has 0 aliphatic carbocycles. The average Bonchev–Trinajstić information content (AvgIpc) is 3.08. The van der Waals surface area contributed by atoms with Gasteiger partial charge in [-0.05, 0) is 25.0 Å². The topological polar surface area (TPSA) is 65.2 Å². The number of rotatable bonds is 2. The van der Waals surface area contributed by atoms with Gasteiger partial charge in [-0.2, -0.15) is 0 Å². The van der Waals surface area contributed by atoms with Gasteiger partial charge in [0, 0.05) is 31.4 Å². The lowest BCUT2D eigenvalue weighted by molar-refractivity contribution is -0.136. The summed E-state index contributed by atoms with van der Waals surface area (Å²) in [5.74, 6) is -0.0671. The summed E-state index contributed by atoms with van der Waals surface area (Å²) >= 11 is 0. The highest BCUT2D eigenvalue weighted by Crippen LogP contribution is 2.32. The molecule has 0 bridgehead atoms. The lowest BCUT2D eigenvalue weighted by atomic mass is 10.1. The van der Waals surface area contributed by atoms with E-state index in [1.165, 1.54) is 0 Å². The molecule has 2 aliphatic heterocycles. The monoisotopic (exact) mass is 247 g/mol. The summed E-state index contributed by atoms with van der Waals surface area (Å²) in [5, 5.41) is 2.73. The maximum absolute atomic E-state index is 12.4. The first-order valence-electron chi connectivity index (χ1n) is 6.46. The average molecular weight is 247 g/mol. The highest BCUT2D eigenvalue weighted by Gasteiger charge is 2.37. The Morgan fingerprint density at radius 2 is 2.33 bits per heavy atom. The smallest absolute Gasteiger partial charge is 0.228 e. The second-order valence-electron chi connectivity index (χ2n) is 5.02. The van der Waals surface area contributed by atoms with Crippen LogP contribution in [0, 0.1) is 5.92 Å². The van der Waals surface area contributed by atoms with Gasteiger partial charge in [-0.15, -0.1) is 0 Å². The molecule has 1 aromatic heterocycles. The van der Waals surface area contributed by atoms with E-state index in [1.807, 2.05) is 23.2 Å². The van der Waals surface area contributed by atoms with Gasteiger partial charge in [-0.1, -0.05) is 0 Å². The Labute approximate surface area is 106 Å². The molecule has 2 saturated heterocycles. The standard InChI is InChI=1S/C13H17N3O2/c17-12-7-9(8-15-12)13(18)16-6-2-4-11(16)10-3-1-5-14-10/h1,3,5,9,11,14H,2,4,6-8H2,(H,15,17). The van der Waals surface area contributed by atoms with Gasteiger partial charge in [-0.3, -0.25) is 9.59 Å². The maximum Gasteiger partial charge on any atom is 0.228 e. The summed E-state index contributed by atoms with van der Waals surface area (Å²) in [6, 6.07) is 4.13. The van der Waals surface area contributed by atoms with Crippen molar-refractivity contribution in [2.45, 2.75) is 25.3 Å². The van der Waals surface area contributed by atoms with Crippen molar-refractivity contribution in [3.63, 3.8) is 0 Å². The van der Waals surface area contributed by atoms with Crippen molar-refractivity contribution >= 4 is 11.8 Å². The Morgan fingerprint density at radius 1 is 1.44 bits per heavy atom. The maximum atomic E-state index is 12.4. The number of hydrogen-bond acceptors (Lipinski definition) is 2. The van der Waals surface area contributed by atoms with Crippen LogP contribution in [-0.2, 0) is 9.59 Å². The Bertz CT molecular complexity index is 455. The minimum atomic E-state index is -0.173. The quantitative estimate of drug-likeness (QED) is 0.812. The molecule has 0 aromatic carbocycles.